The number of ether oxygens (including phenoxy) is 3. The summed E-state index contributed by atoms with van der Waals surface area (Å²) in [6.07, 6.45) is 2.28. The third-order valence-electron chi connectivity index (χ3n) is 6.78. The lowest BCUT2D eigenvalue weighted by molar-refractivity contribution is -0.165. The fourth-order valence-electron chi connectivity index (χ4n) is 4.96. The third-order valence-corrected chi connectivity index (χ3v) is 6.78. The van der Waals surface area contributed by atoms with Gasteiger partial charge in [0.15, 0.2) is 17.9 Å². The highest BCUT2D eigenvalue weighted by Gasteiger charge is 2.56. The fourth-order valence-corrected chi connectivity index (χ4v) is 4.96. The van der Waals surface area contributed by atoms with Crippen LogP contribution in [0.1, 0.15) is 24.8 Å². The number of amides is 1. The molecule has 3 aliphatic rings. The summed E-state index contributed by atoms with van der Waals surface area (Å²) < 4.78 is 46.2. The second-order valence-corrected chi connectivity index (χ2v) is 9.00. The maximum absolute atomic E-state index is 14.8. The van der Waals surface area contributed by atoms with Crippen molar-refractivity contribution in [2.45, 2.75) is 32.2 Å². The molecule has 5 rings (SSSR count). The number of nitrogens with zero attached hydrogens (tertiary/aromatic N) is 1. The number of piperidine rings is 1. The first-order chi connectivity index (χ1) is 16.1. The van der Waals surface area contributed by atoms with E-state index < -0.39 is 17.7 Å². The van der Waals surface area contributed by atoms with E-state index in [2.05, 4.69) is 5.32 Å². The van der Waals surface area contributed by atoms with Crippen molar-refractivity contribution >= 4 is 17.5 Å². The van der Waals surface area contributed by atoms with Crippen LogP contribution in [0.2, 0.25) is 0 Å². The Labute approximate surface area is 191 Å². The van der Waals surface area contributed by atoms with Gasteiger partial charge < -0.3 is 19.1 Å². The molecule has 1 aliphatic carbocycles. The standard InChI is InChI=1S/C25H28F2N2O4/c26-21-10-17(28-25(30)33-14-16-6-2-1-3-7-16)11-22(27)24(21)29-12-18-19(13-29)20(18)15-32-23-8-4-5-9-31-23/h1-3,6-7,10-11,18-20,23H,4-5,8-9,12-15H2,(H,28,30)/t18-,19+,20?,23?. The van der Waals surface area contributed by atoms with Crippen molar-refractivity contribution < 1.29 is 27.8 Å². The number of hydrogen-bond acceptors (Lipinski definition) is 5. The van der Waals surface area contributed by atoms with Crippen LogP contribution in [-0.4, -0.2) is 38.7 Å². The summed E-state index contributed by atoms with van der Waals surface area (Å²) in [6.45, 7) is 2.68. The number of halogens is 2. The SMILES string of the molecule is O=C(Nc1cc(F)c(N2C[C@@H]3C(COC4CCCCO4)[C@@H]3C2)c(F)c1)OCc1ccccc1. The Hall–Kier alpha value is -2.71. The third kappa shape index (κ3) is 5.12. The Balaban J connectivity index is 1.12. The van der Waals surface area contributed by atoms with Crippen LogP contribution in [-0.2, 0) is 20.8 Å². The van der Waals surface area contributed by atoms with Gasteiger partial charge in [-0.05, 0) is 54.7 Å². The van der Waals surface area contributed by atoms with E-state index in [-0.39, 0.29) is 24.3 Å². The van der Waals surface area contributed by atoms with E-state index in [4.69, 9.17) is 14.2 Å². The van der Waals surface area contributed by atoms with E-state index in [1.54, 1.807) is 4.90 Å². The van der Waals surface area contributed by atoms with Crippen LogP contribution in [0.4, 0.5) is 25.0 Å². The van der Waals surface area contributed by atoms with Gasteiger partial charge in [-0.3, -0.25) is 5.32 Å². The number of carbonyl (C=O) groups is 1. The molecule has 1 saturated carbocycles. The molecule has 8 heteroatoms. The van der Waals surface area contributed by atoms with E-state index in [1.807, 2.05) is 30.3 Å². The highest BCUT2D eigenvalue weighted by atomic mass is 19.1. The molecule has 2 unspecified atom stereocenters. The minimum Gasteiger partial charge on any atom is -0.444 e. The molecule has 4 atom stereocenters. The van der Waals surface area contributed by atoms with Gasteiger partial charge in [-0.15, -0.1) is 0 Å². The maximum atomic E-state index is 14.8. The molecule has 0 aromatic heterocycles. The quantitative estimate of drug-likeness (QED) is 0.637. The topological polar surface area (TPSA) is 60.0 Å². The van der Waals surface area contributed by atoms with Crippen LogP contribution >= 0.6 is 0 Å². The first-order valence-electron chi connectivity index (χ1n) is 11.5. The molecule has 2 aliphatic heterocycles. The number of hydrogen-bond donors (Lipinski definition) is 1. The Morgan fingerprint density at radius 3 is 2.48 bits per heavy atom. The first kappa shape index (κ1) is 22.1. The van der Waals surface area contributed by atoms with Crippen molar-refractivity contribution in [1.82, 2.24) is 0 Å². The summed E-state index contributed by atoms with van der Waals surface area (Å²) in [5.74, 6) is -0.189. The van der Waals surface area contributed by atoms with Crippen molar-refractivity contribution in [3.63, 3.8) is 0 Å². The second-order valence-electron chi connectivity index (χ2n) is 9.00. The molecule has 33 heavy (non-hydrogen) atoms. The van der Waals surface area contributed by atoms with Crippen molar-refractivity contribution in [1.29, 1.82) is 0 Å². The number of nitrogens with one attached hydrogen (secondary N) is 1. The van der Waals surface area contributed by atoms with Crippen molar-refractivity contribution in [3.05, 3.63) is 59.7 Å². The molecular formula is C25H28F2N2O4. The van der Waals surface area contributed by atoms with Crippen LogP contribution in [0, 0.1) is 29.4 Å². The zero-order chi connectivity index (χ0) is 22.8. The molecule has 0 spiro atoms. The molecule has 1 N–H and O–H groups in total. The summed E-state index contributed by atoms with van der Waals surface area (Å²) in [5, 5.41) is 2.40. The summed E-state index contributed by atoms with van der Waals surface area (Å²) >= 11 is 0. The van der Waals surface area contributed by atoms with Gasteiger partial charge in [0.2, 0.25) is 0 Å². The summed E-state index contributed by atoms with van der Waals surface area (Å²) in [5.41, 5.74) is 0.804. The lowest BCUT2D eigenvalue weighted by Gasteiger charge is -2.25. The minimum atomic E-state index is -0.766. The number of fused-ring (bicyclic) bond motifs is 1. The van der Waals surface area contributed by atoms with E-state index in [0.717, 1.165) is 43.6 Å². The Bertz CT molecular complexity index is 949. The van der Waals surface area contributed by atoms with Gasteiger partial charge in [0.25, 0.3) is 0 Å². The Morgan fingerprint density at radius 2 is 1.82 bits per heavy atom. The average Bonchev–Trinajstić information content (AvgIpc) is 3.26. The van der Waals surface area contributed by atoms with Gasteiger partial charge >= 0.3 is 6.09 Å². The smallest absolute Gasteiger partial charge is 0.411 e. The summed E-state index contributed by atoms with van der Waals surface area (Å²) in [4.78, 5) is 13.8. The largest absolute Gasteiger partial charge is 0.444 e. The molecular weight excluding hydrogens is 430 g/mol. The second kappa shape index (κ2) is 9.65. The van der Waals surface area contributed by atoms with Crippen LogP contribution in [0.3, 0.4) is 0 Å². The lowest BCUT2D eigenvalue weighted by atomic mass is 10.2. The molecule has 1 amide bonds. The molecule has 2 aromatic carbocycles. The number of benzene rings is 2. The predicted molar refractivity (Wildman–Crippen MR) is 119 cm³/mol. The monoisotopic (exact) mass is 458 g/mol. The fraction of sp³-hybridized carbons (Fsp3) is 0.480. The van der Waals surface area contributed by atoms with E-state index >= 15 is 0 Å². The normalized spacial score (nSPS) is 26.1. The van der Waals surface area contributed by atoms with E-state index in [9.17, 15) is 13.6 Å². The summed E-state index contributed by atoms with van der Waals surface area (Å²) in [7, 11) is 0. The number of carbonyl (C=O) groups excluding carboxylic acids is 1. The van der Waals surface area contributed by atoms with Crippen molar-refractivity contribution in [2.24, 2.45) is 17.8 Å². The minimum absolute atomic E-state index is 0.0231. The average molecular weight is 459 g/mol. The van der Waals surface area contributed by atoms with Gasteiger partial charge in [-0.25, -0.2) is 13.6 Å². The highest BCUT2D eigenvalue weighted by Crippen LogP contribution is 2.53. The van der Waals surface area contributed by atoms with Gasteiger partial charge in [0.1, 0.15) is 12.3 Å². The summed E-state index contributed by atoms with van der Waals surface area (Å²) in [6, 6.07) is 11.4. The molecule has 2 saturated heterocycles. The Kier molecular flexibility index (Phi) is 6.46. The van der Waals surface area contributed by atoms with Crippen molar-refractivity contribution in [3.8, 4) is 0 Å². The molecule has 176 valence electrons. The molecule has 0 bridgehead atoms. The molecule has 2 heterocycles. The van der Waals surface area contributed by atoms with Crippen LogP contribution in [0.25, 0.3) is 0 Å². The van der Waals surface area contributed by atoms with E-state index in [0.29, 0.717) is 37.5 Å². The van der Waals surface area contributed by atoms with Crippen LogP contribution in [0.5, 0.6) is 0 Å². The van der Waals surface area contributed by atoms with Gasteiger partial charge in [-0.1, -0.05) is 30.3 Å². The predicted octanol–water partition coefficient (Wildman–Crippen LogP) is 4.94. The lowest BCUT2D eigenvalue weighted by Crippen LogP contribution is -2.28. The van der Waals surface area contributed by atoms with Gasteiger partial charge in [0.05, 0.1) is 6.61 Å². The maximum Gasteiger partial charge on any atom is 0.411 e. The Morgan fingerprint density at radius 1 is 1.09 bits per heavy atom. The molecule has 2 aromatic rings. The first-order valence-corrected chi connectivity index (χ1v) is 11.5. The zero-order valence-electron chi connectivity index (χ0n) is 18.3. The van der Waals surface area contributed by atoms with Crippen LogP contribution in [0.15, 0.2) is 42.5 Å². The highest BCUT2D eigenvalue weighted by molar-refractivity contribution is 5.85. The number of rotatable bonds is 7. The van der Waals surface area contributed by atoms with Gasteiger partial charge in [0, 0.05) is 25.4 Å². The molecule has 3 fully saturated rings. The molecule has 0 radical (unpaired) electrons. The molecule has 6 nitrogen and oxygen atoms in total. The van der Waals surface area contributed by atoms with Gasteiger partial charge in [-0.2, -0.15) is 0 Å². The van der Waals surface area contributed by atoms with E-state index in [1.165, 1.54) is 0 Å². The van der Waals surface area contributed by atoms with Crippen molar-refractivity contribution in [2.75, 3.05) is 36.5 Å². The zero-order valence-corrected chi connectivity index (χ0v) is 18.3. The van der Waals surface area contributed by atoms with Crippen LogP contribution < -0.4 is 10.2 Å². The number of anilines is 2.